The van der Waals surface area contributed by atoms with Crippen LogP contribution in [0.3, 0.4) is 0 Å². The molecular weight excluding hydrogens is 519 g/mol. The molecule has 39 heavy (non-hydrogen) atoms. The molecule has 0 radical (unpaired) electrons. The molecule has 0 bridgehead atoms. The molecule has 1 aliphatic carbocycles. The third-order valence-corrected chi connectivity index (χ3v) is 6.17. The van der Waals surface area contributed by atoms with Crippen LogP contribution in [0.1, 0.15) is 28.2 Å². The van der Waals surface area contributed by atoms with Crippen LogP contribution in [0.25, 0.3) is 11.1 Å². The lowest BCUT2D eigenvalue weighted by atomic mass is 9.98. The Morgan fingerprint density at radius 3 is 1.95 bits per heavy atom. The SMILES string of the molecule is O=C(NNC(=O)C(Cc1ccc(C(F)(F)F)cc1)NC(=O)C(=O)O)OCC1c2ccccc2-c2ccccc21. The number of hydrogen-bond donors (Lipinski definition) is 4. The summed E-state index contributed by atoms with van der Waals surface area (Å²) in [5, 5.41) is 10.8. The molecule has 0 spiro atoms. The van der Waals surface area contributed by atoms with Crippen LogP contribution >= 0.6 is 0 Å². The van der Waals surface area contributed by atoms with Crippen LogP contribution in [0.2, 0.25) is 0 Å². The first-order valence-corrected chi connectivity index (χ1v) is 11.7. The number of benzene rings is 3. The van der Waals surface area contributed by atoms with E-state index in [9.17, 15) is 32.3 Å². The summed E-state index contributed by atoms with van der Waals surface area (Å²) in [6.07, 6.45) is -5.93. The van der Waals surface area contributed by atoms with Crippen LogP contribution in [0, 0.1) is 0 Å². The Morgan fingerprint density at radius 2 is 1.41 bits per heavy atom. The number of carbonyl (C=O) groups excluding carboxylic acids is 3. The zero-order chi connectivity index (χ0) is 28.2. The number of halogens is 3. The normalized spacial score (nSPS) is 13.0. The Hall–Kier alpha value is -4.87. The van der Waals surface area contributed by atoms with Crippen molar-refractivity contribution in [1.82, 2.24) is 16.2 Å². The Kier molecular flexibility index (Phi) is 7.84. The molecule has 1 aliphatic rings. The minimum Gasteiger partial charge on any atom is -0.474 e. The fraction of sp³-hybridized carbons (Fsp3) is 0.185. The van der Waals surface area contributed by atoms with Gasteiger partial charge in [0.15, 0.2) is 0 Å². The van der Waals surface area contributed by atoms with Gasteiger partial charge >= 0.3 is 24.1 Å². The summed E-state index contributed by atoms with van der Waals surface area (Å²) in [5.41, 5.74) is 7.37. The van der Waals surface area contributed by atoms with Crippen molar-refractivity contribution in [2.24, 2.45) is 0 Å². The number of carboxylic acids is 1. The topological polar surface area (TPSA) is 134 Å². The van der Waals surface area contributed by atoms with Gasteiger partial charge in [-0.25, -0.2) is 15.0 Å². The lowest BCUT2D eigenvalue weighted by molar-refractivity contribution is -0.151. The molecule has 202 valence electrons. The van der Waals surface area contributed by atoms with Crippen LogP contribution in [-0.2, 0) is 31.7 Å². The van der Waals surface area contributed by atoms with E-state index in [4.69, 9.17) is 9.84 Å². The highest BCUT2D eigenvalue weighted by molar-refractivity contribution is 6.32. The number of ether oxygens (including phenoxy) is 1. The minimum absolute atomic E-state index is 0.0412. The summed E-state index contributed by atoms with van der Waals surface area (Å²) in [7, 11) is 0. The standard InChI is InChI=1S/C27H22F3N3O6/c28-27(29,30)16-11-9-15(10-12-16)13-22(31-24(35)25(36)37)23(34)32-33-26(38)39-14-21-19-7-3-1-5-17(19)18-6-2-4-8-20(18)21/h1-12,21-22H,13-14H2,(H,31,35)(H,32,34)(H,33,38)(H,36,37). The van der Waals surface area contributed by atoms with Gasteiger partial charge in [-0.3, -0.25) is 15.0 Å². The number of carbonyl (C=O) groups is 4. The van der Waals surface area contributed by atoms with Gasteiger partial charge in [0.25, 0.3) is 5.91 Å². The van der Waals surface area contributed by atoms with Crippen molar-refractivity contribution in [1.29, 1.82) is 0 Å². The quantitative estimate of drug-likeness (QED) is 0.279. The number of nitrogens with one attached hydrogen (secondary N) is 3. The van der Waals surface area contributed by atoms with Crippen LogP contribution in [0.5, 0.6) is 0 Å². The largest absolute Gasteiger partial charge is 0.474 e. The van der Waals surface area contributed by atoms with E-state index in [0.29, 0.717) is 0 Å². The third-order valence-electron chi connectivity index (χ3n) is 6.17. The average molecular weight is 541 g/mol. The molecule has 0 saturated carbocycles. The zero-order valence-corrected chi connectivity index (χ0v) is 20.1. The maximum atomic E-state index is 12.8. The van der Waals surface area contributed by atoms with E-state index in [2.05, 4.69) is 0 Å². The van der Waals surface area contributed by atoms with E-state index in [1.807, 2.05) is 64.7 Å². The predicted octanol–water partition coefficient (Wildman–Crippen LogP) is 3.39. The Labute approximate surface area is 219 Å². The molecule has 1 atom stereocenters. The number of hydrazine groups is 1. The smallest absolute Gasteiger partial charge is 0.426 e. The second-order valence-electron chi connectivity index (χ2n) is 8.67. The molecule has 9 nitrogen and oxygen atoms in total. The predicted molar refractivity (Wildman–Crippen MR) is 131 cm³/mol. The molecule has 12 heteroatoms. The maximum absolute atomic E-state index is 12.8. The van der Waals surface area contributed by atoms with E-state index in [-0.39, 0.29) is 24.5 Å². The maximum Gasteiger partial charge on any atom is 0.426 e. The zero-order valence-electron chi connectivity index (χ0n) is 20.1. The number of alkyl halides is 3. The van der Waals surface area contributed by atoms with Gasteiger partial charge in [-0.1, -0.05) is 60.7 Å². The third kappa shape index (κ3) is 6.35. The molecule has 4 rings (SSSR count). The number of aliphatic carboxylic acids is 1. The van der Waals surface area contributed by atoms with Gasteiger partial charge in [0, 0.05) is 12.3 Å². The van der Waals surface area contributed by atoms with Crippen molar-refractivity contribution in [2.75, 3.05) is 6.61 Å². The van der Waals surface area contributed by atoms with Crippen LogP contribution in [0.15, 0.2) is 72.8 Å². The number of fused-ring (bicyclic) bond motifs is 3. The van der Waals surface area contributed by atoms with Crippen molar-refractivity contribution in [3.63, 3.8) is 0 Å². The van der Waals surface area contributed by atoms with Gasteiger partial charge < -0.3 is 15.2 Å². The molecule has 0 aromatic heterocycles. The highest BCUT2D eigenvalue weighted by atomic mass is 19.4. The molecule has 3 amide bonds. The highest BCUT2D eigenvalue weighted by Crippen LogP contribution is 2.44. The summed E-state index contributed by atoms with van der Waals surface area (Å²) in [4.78, 5) is 47.6. The molecule has 3 aromatic carbocycles. The summed E-state index contributed by atoms with van der Waals surface area (Å²) in [6.45, 7) is -0.0412. The molecule has 0 saturated heterocycles. The molecule has 0 fully saturated rings. The molecule has 0 heterocycles. The lowest BCUT2D eigenvalue weighted by Gasteiger charge is -2.19. The van der Waals surface area contributed by atoms with Crippen molar-refractivity contribution >= 4 is 23.9 Å². The number of carboxylic acid groups (broad SMARTS) is 1. The first-order valence-electron chi connectivity index (χ1n) is 11.7. The lowest BCUT2D eigenvalue weighted by Crippen LogP contribution is -2.54. The van der Waals surface area contributed by atoms with Crippen LogP contribution < -0.4 is 16.2 Å². The Bertz CT molecular complexity index is 1360. The summed E-state index contributed by atoms with van der Waals surface area (Å²) in [6, 6.07) is 17.6. The Balaban J connectivity index is 1.37. The van der Waals surface area contributed by atoms with E-state index >= 15 is 0 Å². The second-order valence-corrected chi connectivity index (χ2v) is 8.67. The first-order chi connectivity index (χ1) is 18.5. The van der Waals surface area contributed by atoms with Gasteiger partial charge in [0.1, 0.15) is 12.6 Å². The minimum atomic E-state index is -4.57. The van der Waals surface area contributed by atoms with Crippen LogP contribution in [0.4, 0.5) is 18.0 Å². The van der Waals surface area contributed by atoms with Gasteiger partial charge in [-0.15, -0.1) is 0 Å². The number of hydrogen-bond acceptors (Lipinski definition) is 5. The second kappa shape index (κ2) is 11.3. The average Bonchev–Trinajstić information content (AvgIpc) is 3.23. The van der Waals surface area contributed by atoms with Crippen LogP contribution in [-0.4, -0.2) is 41.6 Å². The van der Waals surface area contributed by atoms with E-state index in [1.54, 1.807) is 0 Å². The fourth-order valence-electron chi connectivity index (χ4n) is 4.33. The highest BCUT2D eigenvalue weighted by Gasteiger charge is 2.31. The summed E-state index contributed by atoms with van der Waals surface area (Å²) < 4.78 is 43.7. The van der Waals surface area contributed by atoms with E-state index in [0.717, 1.165) is 46.5 Å². The first kappa shape index (κ1) is 27.2. The van der Waals surface area contributed by atoms with Crippen molar-refractivity contribution in [3.05, 3.63) is 95.1 Å². The van der Waals surface area contributed by atoms with Gasteiger partial charge in [-0.2, -0.15) is 13.2 Å². The van der Waals surface area contributed by atoms with Gasteiger partial charge in [0.05, 0.1) is 5.56 Å². The van der Waals surface area contributed by atoms with Crippen molar-refractivity contribution < 1.29 is 42.2 Å². The van der Waals surface area contributed by atoms with E-state index < -0.39 is 41.7 Å². The fourth-order valence-corrected chi connectivity index (χ4v) is 4.33. The van der Waals surface area contributed by atoms with Crippen molar-refractivity contribution in [3.8, 4) is 11.1 Å². The summed E-state index contributed by atoms with van der Waals surface area (Å²) in [5.74, 6) is -4.63. The Morgan fingerprint density at radius 1 is 0.846 bits per heavy atom. The molecule has 4 N–H and O–H groups in total. The monoisotopic (exact) mass is 541 g/mol. The van der Waals surface area contributed by atoms with E-state index in [1.165, 1.54) is 0 Å². The number of rotatable bonds is 6. The van der Waals surface area contributed by atoms with Gasteiger partial charge in [0.2, 0.25) is 0 Å². The molecule has 1 unspecified atom stereocenters. The summed E-state index contributed by atoms with van der Waals surface area (Å²) >= 11 is 0. The van der Waals surface area contributed by atoms with Gasteiger partial charge in [-0.05, 0) is 39.9 Å². The van der Waals surface area contributed by atoms with Crippen molar-refractivity contribution in [2.45, 2.75) is 24.6 Å². The molecule has 0 aliphatic heterocycles. The number of amides is 3. The molecular formula is C27H22F3N3O6. The molecule has 3 aromatic rings.